The van der Waals surface area contributed by atoms with Crippen molar-refractivity contribution >= 4 is 17.1 Å². The molecule has 0 bridgehead atoms. The normalized spacial score (nSPS) is 10.7. The van der Waals surface area contributed by atoms with Gasteiger partial charge in [-0.05, 0) is 26.3 Å². The Bertz CT molecular complexity index is 449. The van der Waals surface area contributed by atoms with E-state index in [0.29, 0.717) is 6.54 Å². The zero-order valence-corrected chi connectivity index (χ0v) is 12.3. The van der Waals surface area contributed by atoms with E-state index in [1.807, 2.05) is 31.7 Å². The first-order valence-electron chi connectivity index (χ1n) is 6.90. The molecule has 0 saturated heterocycles. The van der Waals surface area contributed by atoms with Crippen molar-refractivity contribution in [2.24, 2.45) is 0 Å². The van der Waals surface area contributed by atoms with Gasteiger partial charge in [-0.15, -0.1) is 0 Å². The SMILES string of the molecule is CCCNc1cc(N(CCO)C(C)C)cc([N+](=O)[O-])c1. The molecule has 0 amide bonds. The second-order valence-electron chi connectivity index (χ2n) is 4.93. The lowest BCUT2D eigenvalue weighted by molar-refractivity contribution is -0.384. The minimum atomic E-state index is -0.391. The number of hydrogen-bond acceptors (Lipinski definition) is 5. The van der Waals surface area contributed by atoms with Crippen molar-refractivity contribution in [3.8, 4) is 0 Å². The lowest BCUT2D eigenvalue weighted by atomic mass is 10.2. The van der Waals surface area contributed by atoms with Crippen LogP contribution in [0.15, 0.2) is 18.2 Å². The topological polar surface area (TPSA) is 78.6 Å². The number of non-ortho nitro benzene ring substituents is 1. The summed E-state index contributed by atoms with van der Waals surface area (Å²) in [5, 5.41) is 23.4. The van der Waals surface area contributed by atoms with Crippen molar-refractivity contribution in [2.45, 2.75) is 33.2 Å². The van der Waals surface area contributed by atoms with Gasteiger partial charge in [0.15, 0.2) is 0 Å². The Labute approximate surface area is 119 Å². The highest BCUT2D eigenvalue weighted by molar-refractivity contribution is 5.64. The van der Waals surface area contributed by atoms with E-state index < -0.39 is 4.92 Å². The van der Waals surface area contributed by atoms with Crippen LogP contribution in [0.25, 0.3) is 0 Å². The maximum Gasteiger partial charge on any atom is 0.273 e. The highest BCUT2D eigenvalue weighted by Crippen LogP contribution is 2.28. The fourth-order valence-electron chi connectivity index (χ4n) is 2.03. The van der Waals surface area contributed by atoms with Gasteiger partial charge in [0.05, 0.1) is 11.5 Å². The Morgan fingerprint density at radius 2 is 2.10 bits per heavy atom. The Balaban J connectivity index is 3.15. The smallest absolute Gasteiger partial charge is 0.273 e. The van der Waals surface area contributed by atoms with Crippen molar-refractivity contribution in [3.63, 3.8) is 0 Å². The Morgan fingerprint density at radius 1 is 1.40 bits per heavy atom. The first-order chi connectivity index (χ1) is 9.49. The molecule has 0 unspecified atom stereocenters. The van der Waals surface area contributed by atoms with Crippen LogP contribution in [0.5, 0.6) is 0 Å². The number of aliphatic hydroxyl groups excluding tert-OH is 1. The predicted molar refractivity (Wildman–Crippen MR) is 81.4 cm³/mol. The summed E-state index contributed by atoms with van der Waals surface area (Å²) in [6.45, 7) is 7.26. The molecule has 0 aliphatic heterocycles. The molecule has 1 rings (SSSR count). The van der Waals surface area contributed by atoms with E-state index in [9.17, 15) is 10.1 Å². The monoisotopic (exact) mass is 281 g/mol. The van der Waals surface area contributed by atoms with Crippen molar-refractivity contribution in [2.75, 3.05) is 29.9 Å². The van der Waals surface area contributed by atoms with Crippen molar-refractivity contribution in [1.29, 1.82) is 0 Å². The molecule has 0 aromatic heterocycles. The Kier molecular flexibility index (Phi) is 6.24. The maximum atomic E-state index is 11.0. The summed E-state index contributed by atoms with van der Waals surface area (Å²) in [6.07, 6.45) is 0.947. The molecule has 1 aromatic rings. The number of aliphatic hydroxyl groups is 1. The predicted octanol–water partition coefficient (Wildman–Crippen LogP) is 2.62. The molecule has 0 radical (unpaired) electrons. The molecule has 2 N–H and O–H groups in total. The number of hydrogen-bond donors (Lipinski definition) is 2. The number of nitrogens with zero attached hydrogens (tertiary/aromatic N) is 2. The molecular weight excluding hydrogens is 258 g/mol. The summed E-state index contributed by atoms with van der Waals surface area (Å²) >= 11 is 0. The van der Waals surface area contributed by atoms with Crippen LogP contribution in [0.2, 0.25) is 0 Å². The first-order valence-corrected chi connectivity index (χ1v) is 6.90. The second-order valence-corrected chi connectivity index (χ2v) is 4.93. The molecule has 0 atom stereocenters. The zero-order valence-electron chi connectivity index (χ0n) is 12.3. The summed E-state index contributed by atoms with van der Waals surface area (Å²) in [6, 6.07) is 5.13. The van der Waals surface area contributed by atoms with Crippen LogP contribution in [-0.4, -0.2) is 35.8 Å². The molecule has 0 saturated carbocycles. The lowest BCUT2D eigenvalue weighted by Crippen LogP contribution is -2.33. The fraction of sp³-hybridized carbons (Fsp3) is 0.571. The summed E-state index contributed by atoms with van der Waals surface area (Å²) < 4.78 is 0. The standard InChI is InChI=1S/C14H23N3O3/c1-4-5-15-12-8-13(10-14(9-12)17(19)20)16(6-7-18)11(2)3/h8-11,15,18H,4-7H2,1-3H3. The number of nitro groups is 1. The zero-order chi connectivity index (χ0) is 15.1. The summed E-state index contributed by atoms with van der Waals surface area (Å²) in [7, 11) is 0. The molecule has 0 fully saturated rings. The average Bonchev–Trinajstić information content (AvgIpc) is 2.41. The van der Waals surface area contributed by atoms with E-state index in [4.69, 9.17) is 5.11 Å². The maximum absolute atomic E-state index is 11.0. The minimum Gasteiger partial charge on any atom is -0.395 e. The third kappa shape index (κ3) is 4.38. The third-order valence-corrected chi connectivity index (χ3v) is 2.99. The quantitative estimate of drug-likeness (QED) is 0.565. The Hall–Kier alpha value is -1.82. The molecule has 20 heavy (non-hydrogen) atoms. The van der Waals surface area contributed by atoms with Crippen LogP contribution in [0.1, 0.15) is 27.2 Å². The van der Waals surface area contributed by atoms with Gasteiger partial charge in [0.2, 0.25) is 0 Å². The van der Waals surface area contributed by atoms with E-state index in [1.165, 1.54) is 6.07 Å². The molecule has 0 heterocycles. The number of nitrogens with one attached hydrogen (secondary N) is 1. The largest absolute Gasteiger partial charge is 0.395 e. The molecule has 0 aliphatic carbocycles. The van der Waals surface area contributed by atoms with Gasteiger partial charge < -0.3 is 15.3 Å². The minimum absolute atomic E-state index is 0.0125. The first kappa shape index (κ1) is 16.2. The molecule has 1 aromatic carbocycles. The number of benzene rings is 1. The van der Waals surface area contributed by atoms with Gasteiger partial charge in [0.1, 0.15) is 0 Å². The molecule has 0 aliphatic rings. The van der Waals surface area contributed by atoms with Gasteiger partial charge in [-0.1, -0.05) is 6.92 Å². The summed E-state index contributed by atoms with van der Waals surface area (Å²) in [4.78, 5) is 12.6. The van der Waals surface area contributed by atoms with Crippen LogP contribution in [0, 0.1) is 10.1 Å². The van der Waals surface area contributed by atoms with Crippen LogP contribution in [0.3, 0.4) is 0 Å². The summed E-state index contributed by atoms with van der Waals surface area (Å²) in [5.74, 6) is 0. The van der Waals surface area contributed by atoms with E-state index in [2.05, 4.69) is 5.32 Å². The van der Waals surface area contributed by atoms with Crippen molar-refractivity contribution in [1.82, 2.24) is 0 Å². The summed E-state index contributed by atoms with van der Waals surface area (Å²) in [5.41, 5.74) is 1.55. The van der Waals surface area contributed by atoms with E-state index in [0.717, 1.165) is 24.3 Å². The van der Waals surface area contributed by atoms with Gasteiger partial charge in [-0.3, -0.25) is 10.1 Å². The number of anilines is 2. The molecule has 0 spiro atoms. The number of nitro benzene ring substituents is 1. The highest BCUT2D eigenvalue weighted by atomic mass is 16.6. The van der Waals surface area contributed by atoms with Crippen LogP contribution < -0.4 is 10.2 Å². The van der Waals surface area contributed by atoms with Crippen LogP contribution in [-0.2, 0) is 0 Å². The molecule has 6 nitrogen and oxygen atoms in total. The lowest BCUT2D eigenvalue weighted by Gasteiger charge is -2.28. The van der Waals surface area contributed by atoms with E-state index in [1.54, 1.807) is 6.07 Å². The van der Waals surface area contributed by atoms with Gasteiger partial charge in [-0.2, -0.15) is 0 Å². The van der Waals surface area contributed by atoms with Crippen molar-refractivity contribution in [3.05, 3.63) is 28.3 Å². The van der Waals surface area contributed by atoms with Crippen molar-refractivity contribution < 1.29 is 10.0 Å². The average molecular weight is 281 g/mol. The van der Waals surface area contributed by atoms with Gasteiger partial charge >= 0.3 is 0 Å². The van der Waals surface area contributed by atoms with E-state index >= 15 is 0 Å². The van der Waals surface area contributed by atoms with Crippen LogP contribution in [0.4, 0.5) is 17.1 Å². The molecule has 6 heteroatoms. The molecular formula is C14H23N3O3. The fourth-order valence-corrected chi connectivity index (χ4v) is 2.03. The van der Waals surface area contributed by atoms with Gasteiger partial charge in [0, 0.05) is 42.6 Å². The molecule has 112 valence electrons. The van der Waals surface area contributed by atoms with Gasteiger partial charge in [-0.25, -0.2) is 0 Å². The second kappa shape index (κ2) is 7.69. The number of rotatable bonds is 8. The van der Waals surface area contributed by atoms with Gasteiger partial charge in [0.25, 0.3) is 5.69 Å². The van der Waals surface area contributed by atoms with Crippen LogP contribution >= 0.6 is 0 Å². The van der Waals surface area contributed by atoms with E-state index in [-0.39, 0.29) is 18.3 Å². The third-order valence-electron chi connectivity index (χ3n) is 2.99. The highest BCUT2D eigenvalue weighted by Gasteiger charge is 2.16. The Morgan fingerprint density at radius 3 is 2.60 bits per heavy atom.